The van der Waals surface area contributed by atoms with Gasteiger partial charge in [-0.05, 0) is 99.3 Å². The standard InChI is InChI=1S/C37H43N5O6/c1-26-12-14-32(34(23-26)48-21-7-3-4-11-35(43)40-29-16-19-39-20-17-29)42-36(44)27-13-15-31(28(24-27)25-46-2)41-37(45)30-9-5-6-10-33(30)47-22-8-18-38/h5-6,9-10,12-17,19-20,23-24H,3-4,7-8,11,18,21-22,25,38H2,1-2H3,(H,41,45)(H,42,44)(H,39,40,43). The van der Waals surface area contributed by atoms with Gasteiger partial charge in [-0.25, -0.2) is 0 Å². The molecule has 0 saturated carbocycles. The van der Waals surface area contributed by atoms with Gasteiger partial charge in [0.1, 0.15) is 11.5 Å². The summed E-state index contributed by atoms with van der Waals surface area (Å²) in [5.41, 5.74) is 9.76. The fraction of sp³-hybridized carbons (Fsp3) is 0.297. The molecule has 0 aliphatic carbocycles. The molecule has 4 rings (SSSR count). The largest absolute Gasteiger partial charge is 0.493 e. The molecule has 252 valence electrons. The molecule has 1 aromatic heterocycles. The van der Waals surface area contributed by atoms with E-state index in [2.05, 4.69) is 20.9 Å². The number of nitrogens with one attached hydrogen (secondary N) is 3. The Kier molecular flexibility index (Phi) is 13.9. The van der Waals surface area contributed by atoms with E-state index in [1.54, 1.807) is 74.1 Å². The minimum Gasteiger partial charge on any atom is -0.493 e. The van der Waals surface area contributed by atoms with Crippen LogP contribution in [0.4, 0.5) is 17.1 Å². The maximum Gasteiger partial charge on any atom is 0.259 e. The molecule has 1 heterocycles. The predicted molar refractivity (Wildman–Crippen MR) is 187 cm³/mol. The van der Waals surface area contributed by atoms with Crippen molar-refractivity contribution in [2.75, 3.05) is 42.8 Å². The van der Waals surface area contributed by atoms with Gasteiger partial charge in [0, 0.05) is 48.4 Å². The number of anilines is 3. The van der Waals surface area contributed by atoms with Crippen molar-refractivity contribution in [2.24, 2.45) is 5.73 Å². The van der Waals surface area contributed by atoms with Crippen LogP contribution in [-0.2, 0) is 16.1 Å². The predicted octanol–water partition coefficient (Wildman–Crippen LogP) is 6.35. The number of ether oxygens (including phenoxy) is 3. The monoisotopic (exact) mass is 653 g/mol. The topological polar surface area (TPSA) is 154 Å². The van der Waals surface area contributed by atoms with Gasteiger partial charge in [0.05, 0.1) is 31.1 Å². The Labute approximate surface area is 281 Å². The number of aromatic nitrogens is 1. The third-order valence-corrected chi connectivity index (χ3v) is 7.31. The molecule has 0 radical (unpaired) electrons. The van der Waals surface area contributed by atoms with Crippen molar-refractivity contribution in [2.45, 2.75) is 45.6 Å². The Morgan fingerprint density at radius 3 is 2.27 bits per heavy atom. The number of methoxy groups -OCH3 is 1. The average molecular weight is 654 g/mol. The molecule has 0 unspecified atom stereocenters. The van der Waals surface area contributed by atoms with Gasteiger partial charge in [-0.3, -0.25) is 19.4 Å². The van der Waals surface area contributed by atoms with Crippen LogP contribution < -0.4 is 31.2 Å². The Morgan fingerprint density at radius 2 is 1.48 bits per heavy atom. The first-order valence-corrected chi connectivity index (χ1v) is 16.0. The molecule has 0 saturated heterocycles. The van der Waals surface area contributed by atoms with Crippen molar-refractivity contribution in [3.63, 3.8) is 0 Å². The Hall–Kier alpha value is -5.26. The number of unbranched alkanes of at least 4 members (excludes halogenated alkanes) is 2. The second-order valence-electron chi connectivity index (χ2n) is 11.1. The van der Waals surface area contributed by atoms with Gasteiger partial charge in [-0.2, -0.15) is 0 Å². The number of nitrogens with zero attached hydrogens (tertiary/aromatic N) is 1. The highest BCUT2D eigenvalue weighted by Crippen LogP contribution is 2.28. The number of pyridine rings is 1. The lowest BCUT2D eigenvalue weighted by molar-refractivity contribution is -0.116. The fourth-order valence-electron chi connectivity index (χ4n) is 4.82. The van der Waals surface area contributed by atoms with Crippen molar-refractivity contribution in [3.8, 4) is 11.5 Å². The van der Waals surface area contributed by atoms with Crippen LogP contribution in [0.5, 0.6) is 11.5 Å². The van der Waals surface area contributed by atoms with E-state index in [0.717, 1.165) is 30.5 Å². The van der Waals surface area contributed by atoms with E-state index in [9.17, 15) is 14.4 Å². The summed E-state index contributed by atoms with van der Waals surface area (Å²) in [4.78, 5) is 42.7. The van der Waals surface area contributed by atoms with E-state index in [-0.39, 0.29) is 24.3 Å². The minimum atomic E-state index is -0.345. The quantitative estimate of drug-likeness (QED) is 0.0907. The van der Waals surface area contributed by atoms with Crippen LogP contribution in [0.25, 0.3) is 0 Å². The molecular weight excluding hydrogens is 610 g/mol. The van der Waals surface area contributed by atoms with Gasteiger partial charge in [-0.15, -0.1) is 0 Å². The van der Waals surface area contributed by atoms with Gasteiger partial charge in [0.25, 0.3) is 11.8 Å². The normalized spacial score (nSPS) is 10.6. The molecule has 0 bridgehead atoms. The van der Waals surface area contributed by atoms with Crippen LogP contribution in [0.3, 0.4) is 0 Å². The Bertz CT molecular complexity index is 1660. The van der Waals surface area contributed by atoms with Crippen molar-refractivity contribution in [1.29, 1.82) is 0 Å². The smallest absolute Gasteiger partial charge is 0.259 e. The minimum absolute atomic E-state index is 0.0381. The molecule has 11 nitrogen and oxygen atoms in total. The summed E-state index contributed by atoms with van der Waals surface area (Å²) in [5, 5.41) is 8.74. The van der Waals surface area contributed by atoms with Gasteiger partial charge in [0.15, 0.2) is 0 Å². The summed E-state index contributed by atoms with van der Waals surface area (Å²) in [7, 11) is 1.55. The molecule has 11 heteroatoms. The molecule has 5 N–H and O–H groups in total. The number of hydrogen-bond donors (Lipinski definition) is 4. The van der Waals surface area contributed by atoms with Crippen molar-refractivity contribution < 1.29 is 28.6 Å². The fourth-order valence-corrected chi connectivity index (χ4v) is 4.82. The van der Waals surface area contributed by atoms with Gasteiger partial charge >= 0.3 is 0 Å². The van der Waals surface area contributed by atoms with E-state index in [1.165, 1.54) is 0 Å². The van der Waals surface area contributed by atoms with E-state index >= 15 is 0 Å². The molecule has 0 spiro atoms. The average Bonchev–Trinajstić information content (AvgIpc) is 3.09. The highest BCUT2D eigenvalue weighted by molar-refractivity contribution is 6.08. The van der Waals surface area contributed by atoms with Gasteiger partial charge in [-0.1, -0.05) is 18.2 Å². The molecule has 48 heavy (non-hydrogen) atoms. The highest BCUT2D eigenvalue weighted by atomic mass is 16.5. The second kappa shape index (κ2) is 18.8. The van der Waals surface area contributed by atoms with Crippen LogP contribution in [0.2, 0.25) is 0 Å². The molecule has 4 aromatic rings. The van der Waals surface area contributed by atoms with E-state index in [4.69, 9.17) is 19.9 Å². The number of para-hydroxylation sites is 1. The maximum absolute atomic E-state index is 13.4. The van der Waals surface area contributed by atoms with Crippen molar-refractivity contribution in [1.82, 2.24) is 4.98 Å². The van der Waals surface area contributed by atoms with Gasteiger partial charge in [0.2, 0.25) is 5.91 Å². The van der Waals surface area contributed by atoms with Crippen molar-refractivity contribution in [3.05, 3.63) is 107 Å². The first-order valence-electron chi connectivity index (χ1n) is 16.0. The maximum atomic E-state index is 13.4. The highest BCUT2D eigenvalue weighted by Gasteiger charge is 2.17. The first-order chi connectivity index (χ1) is 23.4. The number of aryl methyl sites for hydroxylation is 1. The third kappa shape index (κ3) is 10.9. The number of nitrogens with two attached hydrogens (primary N) is 1. The number of carbonyl (C=O) groups excluding carboxylic acids is 3. The molecule has 3 amide bonds. The summed E-state index contributed by atoms with van der Waals surface area (Å²) in [6.07, 6.45) is 6.65. The van der Waals surface area contributed by atoms with Gasteiger partial charge < -0.3 is 35.9 Å². The van der Waals surface area contributed by atoms with Crippen LogP contribution in [0.1, 0.15) is 63.9 Å². The number of amides is 3. The summed E-state index contributed by atoms with van der Waals surface area (Å²) in [6, 6.07) is 21.1. The zero-order valence-corrected chi connectivity index (χ0v) is 27.4. The molecule has 0 aliphatic rings. The number of carbonyl (C=O) groups is 3. The SMILES string of the molecule is COCc1cc(C(=O)Nc2ccc(C)cc2OCCCCCC(=O)Nc2ccncc2)ccc1NC(=O)c1ccccc1OCCCN. The van der Waals surface area contributed by atoms with Crippen LogP contribution in [-0.4, -0.2) is 49.6 Å². The molecular formula is C37H43N5O6. The summed E-state index contributed by atoms with van der Waals surface area (Å²) >= 11 is 0. The number of hydrogen-bond acceptors (Lipinski definition) is 8. The summed E-state index contributed by atoms with van der Waals surface area (Å²) < 4.78 is 17.2. The molecule has 0 fully saturated rings. The number of rotatable bonds is 18. The van der Waals surface area contributed by atoms with Crippen molar-refractivity contribution >= 4 is 34.8 Å². The zero-order chi connectivity index (χ0) is 34.1. The summed E-state index contributed by atoms with van der Waals surface area (Å²) in [6.45, 7) is 3.46. The lowest BCUT2D eigenvalue weighted by Crippen LogP contribution is -2.17. The van der Waals surface area contributed by atoms with Crippen LogP contribution in [0, 0.1) is 6.92 Å². The van der Waals surface area contributed by atoms with Crippen LogP contribution >= 0.6 is 0 Å². The number of benzene rings is 3. The lowest BCUT2D eigenvalue weighted by Gasteiger charge is -2.16. The Balaban J connectivity index is 1.34. The molecule has 3 aromatic carbocycles. The lowest BCUT2D eigenvalue weighted by atomic mass is 10.1. The third-order valence-electron chi connectivity index (χ3n) is 7.31. The Morgan fingerprint density at radius 1 is 0.750 bits per heavy atom. The summed E-state index contributed by atoms with van der Waals surface area (Å²) in [5.74, 6) is 0.310. The van der Waals surface area contributed by atoms with E-state index in [0.29, 0.717) is 72.2 Å². The zero-order valence-electron chi connectivity index (χ0n) is 27.4. The first kappa shape index (κ1) is 35.6. The molecule has 0 aliphatic heterocycles. The van der Waals surface area contributed by atoms with Crippen LogP contribution in [0.15, 0.2) is 85.2 Å². The second-order valence-corrected chi connectivity index (χ2v) is 11.1. The van der Waals surface area contributed by atoms with E-state index < -0.39 is 0 Å². The van der Waals surface area contributed by atoms with E-state index in [1.807, 2.05) is 25.1 Å². The molecule has 0 atom stereocenters.